The molecule has 5 nitrogen and oxygen atoms in total. The van der Waals surface area contributed by atoms with E-state index in [-0.39, 0.29) is 0 Å². The van der Waals surface area contributed by atoms with Gasteiger partial charge in [0, 0.05) is 23.7 Å². The van der Waals surface area contributed by atoms with E-state index in [1.165, 1.54) is 0 Å². The lowest BCUT2D eigenvalue weighted by Crippen LogP contribution is -2.10. The van der Waals surface area contributed by atoms with Gasteiger partial charge in [-0.15, -0.1) is 0 Å². The maximum atomic E-state index is 5.54. The van der Waals surface area contributed by atoms with Crippen LogP contribution >= 0.6 is 0 Å². The molecule has 0 bridgehead atoms. The lowest BCUT2D eigenvalue weighted by Gasteiger charge is -2.16. The molecule has 3 aromatic rings. The molecule has 0 amide bonds. The summed E-state index contributed by atoms with van der Waals surface area (Å²) in [5, 5.41) is 0. The van der Waals surface area contributed by atoms with Crippen LogP contribution in [-0.2, 0) is 6.54 Å². The zero-order valence-electron chi connectivity index (χ0n) is 13.9. The van der Waals surface area contributed by atoms with E-state index in [1.54, 1.807) is 13.3 Å². The van der Waals surface area contributed by atoms with Crippen molar-refractivity contribution in [1.29, 1.82) is 0 Å². The van der Waals surface area contributed by atoms with E-state index in [0.29, 0.717) is 6.54 Å². The number of ether oxygens (including phenoxy) is 1. The van der Waals surface area contributed by atoms with E-state index in [0.717, 1.165) is 45.5 Å². The fourth-order valence-corrected chi connectivity index (χ4v) is 3.15. The van der Waals surface area contributed by atoms with Gasteiger partial charge in [-0.3, -0.25) is 14.5 Å². The Balaban J connectivity index is 2.03. The highest BCUT2D eigenvalue weighted by atomic mass is 16.5. The predicted molar refractivity (Wildman–Crippen MR) is 93.2 cm³/mol. The van der Waals surface area contributed by atoms with Crippen LogP contribution in [0.15, 0.2) is 47.7 Å². The van der Waals surface area contributed by atoms with Gasteiger partial charge in [0.25, 0.3) is 0 Å². The predicted octanol–water partition coefficient (Wildman–Crippen LogP) is 3.24. The molecule has 0 aliphatic carbocycles. The van der Waals surface area contributed by atoms with E-state index in [9.17, 15) is 0 Å². The number of rotatable bonds is 2. The number of hydrogen-bond acceptors (Lipinski definition) is 4. The van der Waals surface area contributed by atoms with Crippen molar-refractivity contribution in [1.82, 2.24) is 14.5 Å². The molecule has 24 heavy (non-hydrogen) atoms. The Morgan fingerprint density at radius 1 is 1.12 bits per heavy atom. The second-order valence-corrected chi connectivity index (χ2v) is 5.87. The molecule has 0 unspecified atom stereocenters. The summed E-state index contributed by atoms with van der Waals surface area (Å²) in [5.41, 5.74) is 5.98. The minimum Gasteiger partial charge on any atom is -0.496 e. The third-order valence-corrected chi connectivity index (χ3v) is 4.31. The average Bonchev–Trinajstić information content (AvgIpc) is 2.89. The Labute approximate surface area is 140 Å². The van der Waals surface area contributed by atoms with Crippen LogP contribution in [0.3, 0.4) is 0 Å². The molecule has 0 spiro atoms. The molecule has 120 valence electrons. The average molecular weight is 318 g/mol. The van der Waals surface area contributed by atoms with Gasteiger partial charge in [0.15, 0.2) is 0 Å². The number of benzene rings is 1. The van der Waals surface area contributed by atoms with Crippen molar-refractivity contribution in [3.63, 3.8) is 0 Å². The summed E-state index contributed by atoms with van der Waals surface area (Å²) in [4.78, 5) is 13.8. The van der Waals surface area contributed by atoms with Crippen molar-refractivity contribution in [2.24, 2.45) is 4.99 Å². The van der Waals surface area contributed by atoms with Gasteiger partial charge in [-0.1, -0.05) is 6.07 Å². The van der Waals surface area contributed by atoms with Crippen molar-refractivity contribution < 1.29 is 4.74 Å². The van der Waals surface area contributed by atoms with E-state index < -0.39 is 0 Å². The highest BCUT2D eigenvalue weighted by molar-refractivity contribution is 6.14. The fraction of sp³-hybridized carbons (Fsp3) is 0.211. The van der Waals surface area contributed by atoms with Gasteiger partial charge < -0.3 is 4.74 Å². The van der Waals surface area contributed by atoms with Crippen molar-refractivity contribution in [3.05, 3.63) is 71.1 Å². The standard InChI is InChI=1S/C19H18N4O/c1-12-8-16-14(9-17(12)24-3)19(15-6-4-5-7-20-15)22-11-18-21-10-13(2)23(16)18/h4-10H,11H2,1-3H3. The minimum atomic E-state index is 0.524. The third kappa shape index (κ3) is 2.21. The molecule has 0 saturated heterocycles. The number of aromatic nitrogens is 3. The monoisotopic (exact) mass is 318 g/mol. The second kappa shape index (κ2) is 5.60. The van der Waals surface area contributed by atoms with Crippen LogP contribution in [0.2, 0.25) is 0 Å². The number of hydrogen-bond donors (Lipinski definition) is 0. The van der Waals surface area contributed by atoms with Crippen LogP contribution < -0.4 is 4.74 Å². The molecule has 0 saturated carbocycles. The molecule has 0 N–H and O–H groups in total. The van der Waals surface area contributed by atoms with Crippen LogP contribution in [0.5, 0.6) is 5.75 Å². The molecule has 2 aromatic heterocycles. The Morgan fingerprint density at radius 2 is 2.00 bits per heavy atom. The number of methoxy groups -OCH3 is 1. The second-order valence-electron chi connectivity index (χ2n) is 5.87. The summed E-state index contributed by atoms with van der Waals surface area (Å²) >= 11 is 0. The summed E-state index contributed by atoms with van der Waals surface area (Å²) in [6, 6.07) is 10.1. The number of aryl methyl sites for hydroxylation is 2. The van der Waals surface area contributed by atoms with Crippen LogP contribution in [-0.4, -0.2) is 27.4 Å². The zero-order chi connectivity index (χ0) is 16.7. The lowest BCUT2D eigenvalue weighted by atomic mass is 10.0. The number of imidazole rings is 1. The van der Waals surface area contributed by atoms with Crippen LogP contribution in [0.25, 0.3) is 5.69 Å². The van der Waals surface area contributed by atoms with Crippen LogP contribution in [0, 0.1) is 13.8 Å². The van der Waals surface area contributed by atoms with Crippen LogP contribution in [0.4, 0.5) is 0 Å². The Bertz CT molecular complexity index is 942. The van der Waals surface area contributed by atoms with E-state index >= 15 is 0 Å². The van der Waals surface area contributed by atoms with Gasteiger partial charge in [-0.2, -0.15) is 0 Å². The van der Waals surface area contributed by atoms with Crippen LogP contribution in [0.1, 0.15) is 28.3 Å². The molecule has 4 rings (SSSR count). The summed E-state index contributed by atoms with van der Waals surface area (Å²) in [5.74, 6) is 1.78. The molecule has 0 fully saturated rings. The molecule has 1 aliphatic heterocycles. The van der Waals surface area contributed by atoms with Crippen molar-refractivity contribution in [2.75, 3.05) is 7.11 Å². The van der Waals surface area contributed by atoms with Gasteiger partial charge in [0.05, 0.1) is 30.7 Å². The highest BCUT2D eigenvalue weighted by Crippen LogP contribution is 2.31. The summed E-state index contributed by atoms with van der Waals surface area (Å²) in [6.07, 6.45) is 3.68. The Hall–Kier alpha value is -2.95. The van der Waals surface area contributed by atoms with Gasteiger partial charge in [-0.05, 0) is 43.7 Å². The third-order valence-electron chi connectivity index (χ3n) is 4.31. The smallest absolute Gasteiger partial charge is 0.135 e. The first kappa shape index (κ1) is 14.6. The molecule has 5 heteroatoms. The lowest BCUT2D eigenvalue weighted by molar-refractivity contribution is 0.411. The zero-order valence-corrected chi connectivity index (χ0v) is 13.9. The summed E-state index contributed by atoms with van der Waals surface area (Å²) in [7, 11) is 1.69. The first-order valence-electron chi connectivity index (χ1n) is 7.87. The number of nitrogens with zero attached hydrogens (tertiary/aromatic N) is 4. The van der Waals surface area contributed by atoms with Crippen molar-refractivity contribution in [3.8, 4) is 11.4 Å². The first-order valence-corrected chi connectivity index (χ1v) is 7.87. The molecular weight excluding hydrogens is 300 g/mol. The summed E-state index contributed by atoms with van der Waals surface area (Å²) in [6.45, 7) is 4.63. The molecule has 1 aromatic carbocycles. The molecule has 1 aliphatic rings. The fourth-order valence-electron chi connectivity index (χ4n) is 3.15. The number of aliphatic imine (C=N–C) groups is 1. The van der Waals surface area contributed by atoms with E-state index in [1.807, 2.05) is 37.4 Å². The topological polar surface area (TPSA) is 52.3 Å². The highest BCUT2D eigenvalue weighted by Gasteiger charge is 2.22. The van der Waals surface area contributed by atoms with Gasteiger partial charge in [0.2, 0.25) is 0 Å². The molecular formula is C19H18N4O. The Kier molecular flexibility index (Phi) is 3.41. The maximum Gasteiger partial charge on any atom is 0.135 e. The van der Waals surface area contributed by atoms with Gasteiger partial charge in [-0.25, -0.2) is 4.98 Å². The van der Waals surface area contributed by atoms with E-state index in [2.05, 4.69) is 27.5 Å². The molecule has 3 heterocycles. The van der Waals surface area contributed by atoms with E-state index in [4.69, 9.17) is 9.73 Å². The summed E-state index contributed by atoms with van der Waals surface area (Å²) < 4.78 is 7.70. The normalized spacial score (nSPS) is 12.9. The number of pyridine rings is 1. The minimum absolute atomic E-state index is 0.524. The molecule has 0 radical (unpaired) electrons. The quantitative estimate of drug-likeness (QED) is 0.729. The maximum absolute atomic E-state index is 5.54. The van der Waals surface area contributed by atoms with Crippen molar-refractivity contribution in [2.45, 2.75) is 20.4 Å². The first-order chi connectivity index (χ1) is 11.7. The number of fused-ring (bicyclic) bond motifs is 3. The van der Waals surface area contributed by atoms with Gasteiger partial charge in [0.1, 0.15) is 11.6 Å². The largest absolute Gasteiger partial charge is 0.496 e. The SMILES string of the molecule is COc1cc2c(cc1C)-n1c(C)cnc1CN=C2c1ccccn1. The van der Waals surface area contributed by atoms with Gasteiger partial charge >= 0.3 is 0 Å². The molecule has 0 atom stereocenters. The van der Waals surface area contributed by atoms with Crippen molar-refractivity contribution >= 4 is 5.71 Å². The Morgan fingerprint density at radius 3 is 2.75 bits per heavy atom.